The molecular weight excluding hydrogens is 384 g/mol. The van der Waals surface area contributed by atoms with Gasteiger partial charge in [0.2, 0.25) is 0 Å². The number of amidine groups is 2. The minimum atomic E-state index is -0.800. The first-order chi connectivity index (χ1) is 13.2. The Hall–Kier alpha value is -2.73. The van der Waals surface area contributed by atoms with Crippen molar-refractivity contribution in [2.45, 2.75) is 51.9 Å². The zero-order valence-corrected chi connectivity index (χ0v) is 18.3. The lowest BCUT2D eigenvalue weighted by Gasteiger charge is -2.25. The van der Waals surface area contributed by atoms with Gasteiger partial charge in [-0.3, -0.25) is 10.8 Å². The zero-order valence-electron chi connectivity index (χ0n) is 17.5. The van der Waals surface area contributed by atoms with Crippen LogP contribution >= 0.6 is 12.4 Å². The van der Waals surface area contributed by atoms with Crippen molar-refractivity contribution in [1.29, 1.82) is 10.8 Å². The summed E-state index contributed by atoms with van der Waals surface area (Å²) in [5, 5.41) is 31.6. The van der Waals surface area contributed by atoms with E-state index in [-0.39, 0.29) is 12.4 Å². The molecule has 0 aliphatic rings. The molecule has 0 saturated heterocycles. The van der Waals surface area contributed by atoms with Crippen LogP contribution in [0.4, 0.5) is 0 Å². The fourth-order valence-corrected chi connectivity index (χ4v) is 2.36. The van der Waals surface area contributed by atoms with Gasteiger partial charge in [0.15, 0.2) is 0 Å². The fraction of sp³-hybridized carbons (Fsp3) is 0.364. The average molecular weight is 415 g/mol. The van der Waals surface area contributed by atoms with Crippen molar-refractivity contribution in [3.63, 3.8) is 0 Å². The predicted molar refractivity (Wildman–Crippen MR) is 122 cm³/mol. The topological polar surface area (TPSA) is 96.5 Å². The molecule has 0 saturated carbocycles. The van der Waals surface area contributed by atoms with E-state index in [2.05, 4.69) is 20.9 Å². The van der Waals surface area contributed by atoms with Crippen LogP contribution in [0.5, 0.6) is 0 Å². The van der Waals surface area contributed by atoms with Gasteiger partial charge in [0.25, 0.3) is 0 Å². The van der Waals surface area contributed by atoms with E-state index in [9.17, 15) is 0 Å². The van der Waals surface area contributed by atoms with Gasteiger partial charge in [-0.25, -0.2) is 0 Å². The Kier molecular flexibility index (Phi) is 8.98. The van der Waals surface area contributed by atoms with E-state index < -0.39 is 11.1 Å². The lowest BCUT2D eigenvalue weighted by Crippen LogP contribution is -2.42. The SMILES string of the molecule is CC(C)(N=NC(C)(C)C(=N)NCc1ccccc1)C(=N)NCc1ccccc1.Cl. The molecule has 29 heavy (non-hydrogen) atoms. The first-order valence-electron chi connectivity index (χ1n) is 9.38. The number of rotatable bonds is 8. The van der Waals surface area contributed by atoms with Crippen LogP contribution in [0.2, 0.25) is 0 Å². The second kappa shape index (κ2) is 10.7. The highest BCUT2D eigenvalue weighted by Crippen LogP contribution is 2.17. The highest BCUT2D eigenvalue weighted by atomic mass is 35.5. The van der Waals surface area contributed by atoms with Crippen molar-refractivity contribution in [2.24, 2.45) is 10.2 Å². The maximum absolute atomic E-state index is 8.32. The molecule has 0 bridgehead atoms. The van der Waals surface area contributed by atoms with E-state index in [4.69, 9.17) is 10.8 Å². The summed E-state index contributed by atoms with van der Waals surface area (Å²) in [6.07, 6.45) is 0. The van der Waals surface area contributed by atoms with Gasteiger partial charge in [-0.2, -0.15) is 10.2 Å². The molecule has 2 rings (SSSR count). The zero-order chi connectivity index (χ0) is 20.6. The van der Waals surface area contributed by atoms with E-state index in [1.165, 1.54) is 0 Å². The first-order valence-corrected chi connectivity index (χ1v) is 9.38. The molecule has 2 aromatic rings. The van der Waals surface area contributed by atoms with Gasteiger partial charge in [0.05, 0.1) is 0 Å². The molecule has 0 spiro atoms. The van der Waals surface area contributed by atoms with Crippen molar-refractivity contribution < 1.29 is 0 Å². The molecule has 0 aliphatic carbocycles. The number of benzene rings is 2. The Morgan fingerprint density at radius 2 is 1.00 bits per heavy atom. The van der Waals surface area contributed by atoms with E-state index in [0.717, 1.165) is 11.1 Å². The van der Waals surface area contributed by atoms with Crippen LogP contribution in [0.15, 0.2) is 70.9 Å². The summed E-state index contributed by atoms with van der Waals surface area (Å²) in [5.41, 5.74) is 0.608. The van der Waals surface area contributed by atoms with E-state index in [1.807, 2.05) is 88.4 Å². The van der Waals surface area contributed by atoms with Crippen molar-refractivity contribution in [3.05, 3.63) is 71.8 Å². The number of azo groups is 1. The summed E-state index contributed by atoms with van der Waals surface area (Å²) in [6, 6.07) is 19.9. The summed E-state index contributed by atoms with van der Waals surface area (Å²) < 4.78 is 0. The van der Waals surface area contributed by atoms with Crippen LogP contribution in [0.25, 0.3) is 0 Å². The summed E-state index contributed by atoms with van der Waals surface area (Å²) in [5.74, 6) is 0.583. The third kappa shape index (κ3) is 7.66. The highest BCUT2D eigenvalue weighted by Gasteiger charge is 2.28. The average Bonchev–Trinajstić information content (AvgIpc) is 2.70. The fourth-order valence-electron chi connectivity index (χ4n) is 2.36. The van der Waals surface area contributed by atoms with Crippen LogP contribution < -0.4 is 10.6 Å². The number of hydrogen-bond acceptors (Lipinski definition) is 4. The molecule has 7 heteroatoms. The molecule has 0 atom stereocenters. The number of halogens is 1. The second-order valence-corrected chi connectivity index (χ2v) is 7.75. The van der Waals surface area contributed by atoms with Crippen LogP contribution in [0.3, 0.4) is 0 Å². The Bertz CT molecular complexity index is 746. The molecule has 6 nitrogen and oxygen atoms in total. The third-order valence-corrected chi connectivity index (χ3v) is 4.40. The third-order valence-electron chi connectivity index (χ3n) is 4.40. The lowest BCUT2D eigenvalue weighted by molar-refractivity contribution is 0.540. The lowest BCUT2D eigenvalue weighted by atomic mass is 10.0. The predicted octanol–water partition coefficient (Wildman–Crippen LogP) is 4.95. The molecule has 2 aromatic carbocycles. The number of nitrogens with zero attached hydrogens (tertiary/aromatic N) is 2. The van der Waals surface area contributed by atoms with E-state index in [1.54, 1.807) is 0 Å². The molecule has 0 radical (unpaired) electrons. The van der Waals surface area contributed by atoms with Gasteiger partial charge in [0, 0.05) is 13.1 Å². The van der Waals surface area contributed by atoms with Gasteiger partial charge in [-0.15, -0.1) is 12.4 Å². The number of nitrogens with one attached hydrogen (secondary N) is 4. The molecule has 0 aliphatic heterocycles. The number of hydrogen-bond donors (Lipinski definition) is 4. The van der Waals surface area contributed by atoms with Crippen LogP contribution in [-0.4, -0.2) is 22.7 Å². The Morgan fingerprint density at radius 3 is 1.31 bits per heavy atom. The van der Waals surface area contributed by atoms with Crippen molar-refractivity contribution in [1.82, 2.24) is 10.6 Å². The summed E-state index contributed by atoms with van der Waals surface area (Å²) in [7, 11) is 0. The second-order valence-electron chi connectivity index (χ2n) is 7.75. The first kappa shape index (κ1) is 24.3. The van der Waals surface area contributed by atoms with E-state index >= 15 is 0 Å². The minimum absolute atomic E-state index is 0. The summed E-state index contributed by atoms with van der Waals surface area (Å²) in [6.45, 7) is 8.50. The van der Waals surface area contributed by atoms with Crippen LogP contribution in [0, 0.1) is 10.8 Å². The maximum atomic E-state index is 8.32. The Balaban J connectivity index is 0.00000420. The largest absolute Gasteiger partial charge is 0.368 e. The molecule has 0 amide bonds. The van der Waals surface area contributed by atoms with Gasteiger partial charge in [-0.05, 0) is 38.8 Å². The molecule has 0 aromatic heterocycles. The van der Waals surface area contributed by atoms with Crippen molar-refractivity contribution in [3.8, 4) is 0 Å². The minimum Gasteiger partial charge on any atom is -0.368 e. The molecule has 156 valence electrons. The monoisotopic (exact) mass is 414 g/mol. The quantitative estimate of drug-likeness (QED) is 0.279. The Labute approximate surface area is 179 Å². The summed E-state index contributed by atoms with van der Waals surface area (Å²) >= 11 is 0. The molecule has 4 N–H and O–H groups in total. The molecule has 0 heterocycles. The Morgan fingerprint density at radius 1 is 0.690 bits per heavy atom. The van der Waals surface area contributed by atoms with Gasteiger partial charge < -0.3 is 10.6 Å². The normalized spacial score (nSPS) is 11.6. The standard InChI is InChI=1S/C22H30N6.ClH/c1-21(2,19(23)25-15-17-11-7-5-8-12-17)27-28-22(3,4)20(24)26-16-18-13-9-6-10-14-18;/h5-14H,15-16H2,1-4H3,(H2,23,25)(H2,24,26);1H. The molecule has 0 unspecified atom stereocenters. The highest BCUT2D eigenvalue weighted by molar-refractivity contribution is 5.89. The van der Waals surface area contributed by atoms with Crippen molar-refractivity contribution >= 4 is 24.1 Å². The van der Waals surface area contributed by atoms with Crippen LogP contribution in [0.1, 0.15) is 38.8 Å². The smallest absolute Gasteiger partial charge is 0.132 e. The van der Waals surface area contributed by atoms with Gasteiger partial charge >= 0.3 is 0 Å². The summed E-state index contributed by atoms with van der Waals surface area (Å²) in [4.78, 5) is 0. The van der Waals surface area contributed by atoms with E-state index in [0.29, 0.717) is 24.8 Å². The molecular formula is C22H31ClN6. The van der Waals surface area contributed by atoms with Gasteiger partial charge in [-0.1, -0.05) is 60.7 Å². The maximum Gasteiger partial charge on any atom is 0.132 e. The van der Waals surface area contributed by atoms with Crippen molar-refractivity contribution in [2.75, 3.05) is 0 Å². The van der Waals surface area contributed by atoms with Gasteiger partial charge in [0.1, 0.15) is 22.7 Å². The molecule has 0 fully saturated rings. The van der Waals surface area contributed by atoms with Crippen LogP contribution in [-0.2, 0) is 13.1 Å².